The van der Waals surface area contributed by atoms with Crippen molar-refractivity contribution in [2.24, 2.45) is 17.8 Å². The molecule has 0 bridgehead atoms. The van der Waals surface area contributed by atoms with Crippen LogP contribution >= 0.6 is 11.8 Å². The lowest BCUT2D eigenvalue weighted by molar-refractivity contribution is -0.160. The van der Waals surface area contributed by atoms with Crippen LogP contribution in [0.2, 0.25) is 0 Å². The molecule has 0 saturated heterocycles. The summed E-state index contributed by atoms with van der Waals surface area (Å²) >= 11 is 1.14. The van der Waals surface area contributed by atoms with Crippen LogP contribution in [-0.2, 0) is 22.1 Å². The number of hydrogen-bond donors (Lipinski definition) is 0. The first-order valence-electron chi connectivity index (χ1n) is 13.8. The molecule has 0 radical (unpaired) electrons. The number of fused-ring (bicyclic) bond motifs is 1. The molecule has 0 fully saturated rings. The maximum absolute atomic E-state index is 14.0. The second kappa shape index (κ2) is 14.0. The van der Waals surface area contributed by atoms with Crippen molar-refractivity contribution in [3.8, 4) is 11.3 Å². The molecule has 3 aromatic rings. The standard InChI is InChI=1S/C31H36F6O3S/c1-5-6-7-8-21-9-12-25(26(13-21)31(35,36)37)28-14-23-10-11-24(15-27(23)40-28)41-18-22(16-30(32,33)34)17-39-29(38)20(4)19(2)3/h9-15,19-20,22H,5-8,16-18H2,1-4H3. The van der Waals surface area contributed by atoms with Crippen molar-refractivity contribution in [2.75, 3.05) is 12.4 Å². The van der Waals surface area contributed by atoms with Gasteiger partial charge in [0.1, 0.15) is 11.3 Å². The summed E-state index contributed by atoms with van der Waals surface area (Å²) in [5.41, 5.74) is 0.109. The van der Waals surface area contributed by atoms with Gasteiger partial charge in [0, 0.05) is 27.5 Å². The highest BCUT2D eigenvalue weighted by Crippen LogP contribution is 2.40. The predicted molar refractivity (Wildman–Crippen MR) is 150 cm³/mol. The molecule has 2 aromatic carbocycles. The fourth-order valence-corrected chi connectivity index (χ4v) is 5.32. The lowest BCUT2D eigenvalue weighted by Crippen LogP contribution is -2.26. The van der Waals surface area contributed by atoms with Gasteiger partial charge in [-0.1, -0.05) is 52.7 Å². The highest BCUT2D eigenvalue weighted by molar-refractivity contribution is 7.99. The number of furan rings is 1. The average molecular weight is 603 g/mol. The number of unbranched alkanes of at least 4 members (excludes halogenated alkanes) is 2. The molecular formula is C31H36F6O3S. The van der Waals surface area contributed by atoms with Gasteiger partial charge < -0.3 is 9.15 Å². The van der Waals surface area contributed by atoms with Crippen molar-refractivity contribution < 1.29 is 40.3 Å². The Balaban J connectivity index is 1.78. The number of carbonyl (C=O) groups is 1. The molecule has 2 atom stereocenters. The average Bonchev–Trinajstić information content (AvgIpc) is 3.31. The Hall–Kier alpha value is -2.62. The molecule has 0 aliphatic heterocycles. The minimum Gasteiger partial charge on any atom is -0.465 e. The third kappa shape index (κ3) is 9.72. The molecule has 0 N–H and O–H groups in total. The minimum absolute atomic E-state index is 0.00111. The van der Waals surface area contributed by atoms with Crippen LogP contribution in [0.4, 0.5) is 26.3 Å². The summed E-state index contributed by atoms with van der Waals surface area (Å²) < 4.78 is 92.5. The Morgan fingerprint density at radius 3 is 2.34 bits per heavy atom. The lowest BCUT2D eigenvalue weighted by atomic mass is 9.98. The number of halogens is 6. The summed E-state index contributed by atoms with van der Waals surface area (Å²) in [7, 11) is 0. The van der Waals surface area contributed by atoms with Crippen molar-refractivity contribution in [1.29, 1.82) is 0 Å². The molecule has 0 aliphatic carbocycles. The number of thioether (sulfide) groups is 1. The number of rotatable bonds is 13. The highest BCUT2D eigenvalue weighted by Gasteiger charge is 2.35. The van der Waals surface area contributed by atoms with Crippen LogP contribution in [0.15, 0.2) is 51.8 Å². The smallest absolute Gasteiger partial charge is 0.417 e. The molecule has 1 aromatic heterocycles. The van der Waals surface area contributed by atoms with E-state index in [1.807, 2.05) is 20.8 Å². The molecular weight excluding hydrogens is 566 g/mol. The van der Waals surface area contributed by atoms with Gasteiger partial charge in [-0.15, -0.1) is 11.8 Å². The van der Waals surface area contributed by atoms with Gasteiger partial charge >= 0.3 is 18.3 Å². The van der Waals surface area contributed by atoms with E-state index in [9.17, 15) is 31.1 Å². The fraction of sp³-hybridized carbons (Fsp3) is 0.516. The van der Waals surface area contributed by atoms with Gasteiger partial charge in [-0.2, -0.15) is 26.3 Å². The van der Waals surface area contributed by atoms with Crippen LogP contribution in [0.25, 0.3) is 22.3 Å². The Morgan fingerprint density at radius 2 is 1.71 bits per heavy atom. The maximum atomic E-state index is 14.0. The number of hydrogen-bond acceptors (Lipinski definition) is 4. The number of carbonyl (C=O) groups excluding carboxylic acids is 1. The fourth-order valence-electron chi connectivity index (χ4n) is 4.32. The summed E-state index contributed by atoms with van der Waals surface area (Å²) in [5, 5.41) is 0.577. The maximum Gasteiger partial charge on any atom is 0.417 e. The second-order valence-electron chi connectivity index (χ2n) is 10.8. The molecule has 10 heteroatoms. The predicted octanol–water partition coefficient (Wildman–Crippen LogP) is 10.3. The number of aryl methyl sites for hydroxylation is 1. The summed E-state index contributed by atoms with van der Waals surface area (Å²) in [5.74, 6) is -1.83. The molecule has 2 unspecified atom stereocenters. The lowest BCUT2D eigenvalue weighted by Gasteiger charge is -2.20. The van der Waals surface area contributed by atoms with Gasteiger partial charge in [0.05, 0.1) is 24.5 Å². The largest absolute Gasteiger partial charge is 0.465 e. The van der Waals surface area contributed by atoms with Crippen molar-refractivity contribution in [1.82, 2.24) is 0 Å². The number of esters is 1. The third-order valence-electron chi connectivity index (χ3n) is 7.05. The van der Waals surface area contributed by atoms with E-state index in [2.05, 4.69) is 0 Å². The van der Waals surface area contributed by atoms with Crippen molar-refractivity contribution in [3.63, 3.8) is 0 Å². The van der Waals surface area contributed by atoms with Crippen LogP contribution in [0, 0.1) is 17.8 Å². The molecule has 1 heterocycles. The van der Waals surface area contributed by atoms with Crippen LogP contribution in [0.1, 0.15) is 64.5 Å². The van der Waals surface area contributed by atoms with E-state index < -0.39 is 42.1 Å². The van der Waals surface area contributed by atoms with Gasteiger partial charge in [-0.25, -0.2) is 0 Å². The zero-order valence-corrected chi connectivity index (χ0v) is 24.4. The van der Waals surface area contributed by atoms with Crippen molar-refractivity contribution in [3.05, 3.63) is 53.6 Å². The Labute approximate surface area is 241 Å². The van der Waals surface area contributed by atoms with E-state index in [-0.39, 0.29) is 29.6 Å². The summed E-state index contributed by atoms with van der Waals surface area (Å²) in [4.78, 5) is 12.8. The van der Waals surface area contributed by atoms with E-state index in [1.165, 1.54) is 18.2 Å². The summed E-state index contributed by atoms with van der Waals surface area (Å²) in [6, 6.07) is 10.8. The zero-order valence-electron chi connectivity index (χ0n) is 23.6. The third-order valence-corrected chi connectivity index (χ3v) is 8.28. The quantitative estimate of drug-likeness (QED) is 0.0845. The van der Waals surface area contributed by atoms with Crippen LogP contribution in [0.3, 0.4) is 0 Å². The SMILES string of the molecule is CCCCCc1ccc(-c2cc3ccc(SCC(COC(=O)C(C)C(C)C)CC(F)(F)F)cc3o2)c(C(F)(F)F)c1. The topological polar surface area (TPSA) is 39.4 Å². The van der Waals surface area contributed by atoms with E-state index in [0.717, 1.165) is 31.0 Å². The molecule has 0 saturated carbocycles. The van der Waals surface area contributed by atoms with Crippen LogP contribution in [0.5, 0.6) is 0 Å². The van der Waals surface area contributed by atoms with Crippen LogP contribution < -0.4 is 0 Å². The minimum atomic E-state index is -4.57. The highest BCUT2D eigenvalue weighted by atomic mass is 32.2. The molecule has 3 nitrogen and oxygen atoms in total. The van der Waals surface area contributed by atoms with Crippen molar-refractivity contribution >= 4 is 28.7 Å². The normalized spacial score (nSPS) is 14.0. The zero-order chi connectivity index (χ0) is 30.4. The number of benzene rings is 2. The van der Waals surface area contributed by atoms with Gasteiger partial charge in [-0.3, -0.25) is 4.79 Å². The first-order chi connectivity index (χ1) is 19.2. The van der Waals surface area contributed by atoms with E-state index >= 15 is 0 Å². The van der Waals surface area contributed by atoms with E-state index in [1.54, 1.807) is 31.2 Å². The van der Waals surface area contributed by atoms with E-state index in [0.29, 0.717) is 27.8 Å². The molecule has 226 valence electrons. The van der Waals surface area contributed by atoms with Gasteiger partial charge in [0.25, 0.3) is 0 Å². The summed E-state index contributed by atoms with van der Waals surface area (Å²) in [6.45, 7) is 7.01. The van der Waals surface area contributed by atoms with Gasteiger partial charge in [0.2, 0.25) is 0 Å². The molecule has 0 amide bonds. The first kappa shape index (κ1) is 32.9. The van der Waals surface area contributed by atoms with Crippen molar-refractivity contribution in [2.45, 2.75) is 77.0 Å². The molecule has 3 rings (SSSR count). The number of alkyl halides is 6. The summed E-state index contributed by atoms with van der Waals surface area (Å²) in [6.07, 6.45) is -6.83. The monoisotopic (exact) mass is 602 g/mol. The Bertz CT molecular complexity index is 1300. The Morgan fingerprint density at radius 1 is 0.976 bits per heavy atom. The first-order valence-corrected chi connectivity index (χ1v) is 14.8. The van der Waals surface area contributed by atoms with E-state index in [4.69, 9.17) is 9.15 Å². The molecule has 0 spiro atoms. The Kier molecular flexibility index (Phi) is 11.3. The van der Waals surface area contributed by atoms with Gasteiger partial charge in [-0.05, 0) is 54.7 Å². The van der Waals surface area contributed by atoms with Crippen LogP contribution in [-0.4, -0.2) is 24.5 Å². The van der Waals surface area contributed by atoms with Gasteiger partial charge in [0.15, 0.2) is 0 Å². The molecule has 0 aliphatic rings. The number of ether oxygens (including phenoxy) is 1. The molecule has 41 heavy (non-hydrogen) atoms. The second-order valence-corrected chi connectivity index (χ2v) is 11.9.